The molecule has 98 valence electrons. The topological polar surface area (TPSA) is 46.2 Å². The number of hydrogen-bond donors (Lipinski definition) is 2. The van der Waals surface area contributed by atoms with Crippen LogP contribution in [0, 0.1) is 0 Å². The van der Waals surface area contributed by atoms with E-state index in [2.05, 4.69) is 6.92 Å². The van der Waals surface area contributed by atoms with Gasteiger partial charge in [-0.3, -0.25) is 0 Å². The van der Waals surface area contributed by atoms with Crippen LogP contribution in [0.1, 0.15) is 78.1 Å². The van der Waals surface area contributed by atoms with Gasteiger partial charge in [0.2, 0.25) is 0 Å². The Hall–Kier alpha value is -0.0800. The molecule has 0 spiro atoms. The zero-order valence-electron chi connectivity index (χ0n) is 11.3. The van der Waals surface area contributed by atoms with E-state index in [1.165, 1.54) is 44.9 Å². The number of aliphatic hydroxyl groups excluding tert-OH is 1. The van der Waals surface area contributed by atoms with E-state index < -0.39 is 0 Å². The van der Waals surface area contributed by atoms with Crippen molar-refractivity contribution in [2.24, 2.45) is 5.73 Å². The first-order valence-electron chi connectivity index (χ1n) is 7.10. The summed E-state index contributed by atoms with van der Waals surface area (Å²) >= 11 is 0. The minimum atomic E-state index is -0.180. The highest BCUT2D eigenvalue weighted by Crippen LogP contribution is 2.12. The van der Waals surface area contributed by atoms with Gasteiger partial charge < -0.3 is 10.8 Å². The van der Waals surface area contributed by atoms with E-state index in [0.29, 0.717) is 0 Å². The number of nitrogens with two attached hydrogens (primary N) is 1. The van der Waals surface area contributed by atoms with Gasteiger partial charge in [0.05, 0.1) is 6.10 Å². The summed E-state index contributed by atoms with van der Waals surface area (Å²) in [7, 11) is 0. The Morgan fingerprint density at radius 2 is 1.44 bits per heavy atom. The van der Waals surface area contributed by atoms with Crippen LogP contribution in [0.5, 0.6) is 0 Å². The largest absolute Gasteiger partial charge is 0.393 e. The maximum absolute atomic E-state index is 9.61. The Balaban J connectivity index is 3.08. The summed E-state index contributed by atoms with van der Waals surface area (Å²) in [6.45, 7) is 4.21. The molecule has 0 aliphatic rings. The molecule has 16 heavy (non-hydrogen) atoms. The van der Waals surface area contributed by atoms with Gasteiger partial charge in [-0.25, -0.2) is 0 Å². The van der Waals surface area contributed by atoms with E-state index in [1.807, 2.05) is 6.92 Å². The van der Waals surface area contributed by atoms with E-state index in [4.69, 9.17) is 5.73 Å². The maximum atomic E-state index is 9.61. The first-order valence-corrected chi connectivity index (χ1v) is 7.10. The smallest absolute Gasteiger partial charge is 0.0554 e. The molecule has 0 amide bonds. The molecule has 0 fully saturated rings. The Morgan fingerprint density at radius 1 is 0.938 bits per heavy atom. The van der Waals surface area contributed by atoms with Crippen molar-refractivity contribution >= 4 is 0 Å². The van der Waals surface area contributed by atoms with Crippen molar-refractivity contribution in [3.63, 3.8) is 0 Å². The number of unbranched alkanes of at least 4 members (excludes halogenated alkanes) is 7. The van der Waals surface area contributed by atoms with Gasteiger partial charge in [-0.05, 0) is 19.8 Å². The molecule has 0 aromatic carbocycles. The van der Waals surface area contributed by atoms with Crippen molar-refractivity contribution in [3.05, 3.63) is 0 Å². The zero-order chi connectivity index (χ0) is 12.2. The average Bonchev–Trinajstić information content (AvgIpc) is 2.21. The minimum absolute atomic E-state index is 0.129. The molecule has 0 heterocycles. The van der Waals surface area contributed by atoms with Crippen molar-refractivity contribution in [2.75, 3.05) is 0 Å². The highest BCUT2D eigenvalue weighted by Gasteiger charge is 2.06. The van der Waals surface area contributed by atoms with Crippen LogP contribution in [0.25, 0.3) is 0 Å². The summed E-state index contributed by atoms with van der Waals surface area (Å²) in [5.41, 5.74) is 5.63. The predicted octanol–water partition coefficient (Wildman–Crippen LogP) is 3.62. The second-order valence-corrected chi connectivity index (χ2v) is 5.13. The maximum Gasteiger partial charge on any atom is 0.0554 e. The number of rotatable bonds is 11. The van der Waals surface area contributed by atoms with Crippen molar-refractivity contribution in [1.29, 1.82) is 0 Å². The second kappa shape index (κ2) is 11.4. The van der Waals surface area contributed by atoms with Gasteiger partial charge in [-0.15, -0.1) is 0 Å². The molecular weight excluding hydrogens is 198 g/mol. The third-order valence-electron chi connectivity index (χ3n) is 3.03. The van der Waals surface area contributed by atoms with Crippen molar-refractivity contribution in [3.8, 4) is 0 Å². The fourth-order valence-electron chi connectivity index (χ4n) is 2.06. The Kier molecular flexibility index (Phi) is 11.3. The molecule has 2 heteroatoms. The third kappa shape index (κ3) is 12.0. The fraction of sp³-hybridized carbons (Fsp3) is 1.00. The van der Waals surface area contributed by atoms with Crippen LogP contribution in [-0.4, -0.2) is 17.3 Å². The van der Waals surface area contributed by atoms with E-state index >= 15 is 0 Å². The standard InChI is InChI=1S/C14H31NO/c1-3-4-5-6-7-8-9-10-11-14(16)12-13(2)15/h13-14,16H,3-12,15H2,1-2H3. The van der Waals surface area contributed by atoms with Crippen LogP contribution in [0.2, 0.25) is 0 Å². The number of hydrogen-bond acceptors (Lipinski definition) is 2. The lowest BCUT2D eigenvalue weighted by Crippen LogP contribution is -2.22. The summed E-state index contributed by atoms with van der Waals surface area (Å²) in [6, 6.07) is 0.129. The average molecular weight is 229 g/mol. The summed E-state index contributed by atoms with van der Waals surface area (Å²) in [5.74, 6) is 0. The summed E-state index contributed by atoms with van der Waals surface area (Å²) in [6.07, 6.45) is 12.1. The van der Waals surface area contributed by atoms with Crippen LogP contribution >= 0.6 is 0 Å². The molecule has 0 saturated heterocycles. The lowest BCUT2D eigenvalue weighted by Gasteiger charge is -2.12. The van der Waals surface area contributed by atoms with Crippen LogP contribution in [-0.2, 0) is 0 Å². The van der Waals surface area contributed by atoms with Crippen molar-refractivity contribution in [1.82, 2.24) is 0 Å². The molecule has 0 radical (unpaired) electrons. The summed E-state index contributed by atoms with van der Waals surface area (Å²) in [4.78, 5) is 0. The first-order chi connectivity index (χ1) is 7.66. The van der Waals surface area contributed by atoms with Gasteiger partial charge in [0.25, 0.3) is 0 Å². The predicted molar refractivity (Wildman–Crippen MR) is 71.5 cm³/mol. The molecule has 0 aliphatic carbocycles. The molecule has 2 unspecified atom stereocenters. The molecule has 0 rings (SSSR count). The lowest BCUT2D eigenvalue weighted by molar-refractivity contribution is 0.144. The van der Waals surface area contributed by atoms with Crippen molar-refractivity contribution in [2.45, 2.75) is 90.2 Å². The quantitative estimate of drug-likeness (QED) is 0.532. The molecule has 0 aromatic rings. The number of aliphatic hydroxyl groups is 1. The second-order valence-electron chi connectivity index (χ2n) is 5.13. The first kappa shape index (κ1) is 15.9. The van der Waals surface area contributed by atoms with E-state index in [0.717, 1.165) is 19.3 Å². The molecule has 2 nitrogen and oxygen atoms in total. The van der Waals surface area contributed by atoms with E-state index in [1.54, 1.807) is 0 Å². The highest BCUT2D eigenvalue weighted by atomic mass is 16.3. The molecule has 0 aliphatic heterocycles. The minimum Gasteiger partial charge on any atom is -0.393 e. The van der Waals surface area contributed by atoms with Crippen LogP contribution in [0.4, 0.5) is 0 Å². The van der Waals surface area contributed by atoms with Crippen LogP contribution < -0.4 is 5.73 Å². The van der Waals surface area contributed by atoms with Crippen molar-refractivity contribution < 1.29 is 5.11 Å². The normalized spacial score (nSPS) is 15.0. The van der Waals surface area contributed by atoms with Gasteiger partial charge >= 0.3 is 0 Å². The Bertz CT molecular complexity index is 137. The highest BCUT2D eigenvalue weighted by molar-refractivity contribution is 4.62. The molecule has 0 bridgehead atoms. The summed E-state index contributed by atoms with van der Waals surface area (Å²) in [5, 5.41) is 9.61. The summed E-state index contributed by atoms with van der Waals surface area (Å²) < 4.78 is 0. The van der Waals surface area contributed by atoms with E-state index in [-0.39, 0.29) is 12.1 Å². The van der Waals surface area contributed by atoms with Crippen LogP contribution in [0.15, 0.2) is 0 Å². The van der Waals surface area contributed by atoms with Gasteiger partial charge in [-0.1, -0.05) is 58.3 Å². The van der Waals surface area contributed by atoms with Gasteiger partial charge in [0, 0.05) is 6.04 Å². The SMILES string of the molecule is CCCCCCCCCCC(O)CC(C)N. The molecule has 0 saturated carbocycles. The zero-order valence-corrected chi connectivity index (χ0v) is 11.3. The Labute approximate surface area is 102 Å². The molecule has 2 atom stereocenters. The molecule has 3 N–H and O–H groups in total. The monoisotopic (exact) mass is 229 g/mol. The fourth-order valence-corrected chi connectivity index (χ4v) is 2.06. The third-order valence-corrected chi connectivity index (χ3v) is 3.03. The van der Waals surface area contributed by atoms with E-state index in [9.17, 15) is 5.11 Å². The van der Waals surface area contributed by atoms with Gasteiger partial charge in [0.15, 0.2) is 0 Å². The Morgan fingerprint density at radius 3 is 1.94 bits per heavy atom. The molecule has 0 aromatic heterocycles. The molecular formula is C14H31NO. The van der Waals surface area contributed by atoms with Gasteiger partial charge in [-0.2, -0.15) is 0 Å². The van der Waals surface area contributed by atoms with Gasteiger partial charge in [0.1, 0.15) is 0 Å². The lowest BCUT2D eigenvalue weighted by atomic mass is 10.0. The van der Waals surface area contributed by atoms with Crippen LogP contribution in [0.3, 0.4) is 0 Å².